The van der Waals surface area contributed by atoms with Crippen LogP contribution in [0.15, 0.2) is 12.1 Å². The first-order valence-corrected chi connectivity index (χ1v) is 6.70. The fourth-order valence-corrected chi connectivity index (χ4v) is 3.05. The van der Waals surface area contributed by atoms with Gasteiger partial charge in [-0.3, -0.25) is 15.0 Å². The molecule has 1 aromatic heterocycles. The first-order chi connectivity index (χ1) is 8.20. The van der Waals surface area contributed by atoms with E-state index in [0.717, 1.165) is 31.1 Å². The average Bonchev–Trinajstić information content (AvgIpc) is 2.96. The van der Waals surface area contributed by atoms with Crippen molar-refractivity contribution in [2.24, 2.45) is 0 Å². The van der Waals surface area contributed by atoms with Crippen LogP contribution in [-0.2, 0) is 6.54 Å². The fraction of sp³-hybridized carbons (Fsp3) is 0.636. The van der Waals surface area contributed by atoms with Gasteiger partial charge in [-0.15, -0.1) is 0 Å². The molecule has 1 fully saturated rings. The van der Waals surface area contributed by atoms with Crippen LogP contribution < -0.4 is 5.32 Å². The van der Waals surface area contributed by atoms with Gasteiger partial charge < -0.3 is 5.32 Å². The molecule has 1 aromatic rings. The molecule has 5 nitrogen and oxygen atoms in total. The topological polar surface area (TPSA) is 58.4 Å². The number of rotatable bonds is 5. The molecule has 94 valence electrons. The second kappa shape index (κ2) is 5.57. The van der Waals surface area contributed by atoms with Gasteiger partial charge in [0.2, 0.25) is 0 Å². The molecular weight excluding hydrogens is 238 g/mol. The van der Waals surface area contributed by atoms with Gasteiger partial charge in [-0.25, -0.2) is 0 Å². The first-order valence-electron chi connectivity index (χ1n) is 5.88. The van der Waals surface area contributed by atoms with Crippen LogP contribution in [0.25, 0.3) is 0 Å². The van der Waals surface area contributed by atoms with Crippen molar-refractivity contribution in [1.29, 1.82) is 0 Å². The Bertz CT molecular complexity index is 388. The summed E-state index contributed by atoms with van der Waals surface area (Å²) in [5.74, 6) is 0. The summed E-state index contributed by atoms with van der Waals surface area (Å²) in [5, 5.41) is 14.2. The molecule has 0 aliphatic carbocycles. The van der Waals surface area contributed by atoms with Gasteiger partial charge in [0.15, 0.2) is 0 Å². The number of hydrogen-bond acceptors (Lipinski definition) is 5. The van der Waals surface area contributed by atoms with Gasteiger partial charge in [0.1, 0.15) is 0 Å². The average molecular weight is 255 g/mol. The van der Waals surface area contributed by atoms with Gasteiger partial charge in [-0.1, -0.05) is 18.3 Å². The summed E-state index contributed by atoms with van der Waals surface area (Å²) in [7, 11) is 0. The summed E-state index contributed by atoms with van der Waals surface area (Å²) in [6, 6.07) is 4.04. The molecule has 0 bridgehead atoms. The molecule has 0 amide bonds. The van der Waals surface area contributed by atoms with Crippen LogP contribution in [0.5, 0.6) is 0 Å². The van der Waals surface area contributed by atoms with Gasteiger partial charge >= 0.3 is 5.00 Å². The highest BCUT2D eigenvalue weighted by Crippen LogP contribution is 2.26. The van der Waals surface area contributed by atoms with Crippen LogP contribution in [0.2, 0.25) is 0 Å². The summed E-state index contributed by atoms with van der Waals surface area (Å²) in [4.78, 5) is 13.8. The van der Waals surface area contributed by atoms with Crippen LogP contribution in [-0.4, -0.2) is 35.5 Å². The molecule has 1 N–H and O–H groups in total. The monoisotopic (exact) mass is 255 g/mol. The maximum absolute atomic E-state index is 10.6. The molecule has 1 aliphatic heterocycles. The Morgan fingerprint density at radius 1 is 1.65 bits per heavy atom. The lowest BCUT2D eigenvalue weighted by Gasteiger charge is -2.26. The van der Waals surface area contributed by atoms with E-state index in [-0.39, 0.29) is 9.92 Å². The van der Waals surface area contributed by atoms with E-state index >= 15 is 0 Å². The predicted octanol–water partition coefficient (Wildman–Crippen LogP) is 1.84. The van der Waals surface area contributed by atoms with E-state index in [1.807, 2.05) is 6.07 Å². The molecule has 0 saturated carbocycles. The van der Waals surface area contributed by atoms with E-state index in [0.29, 0.717) is 6.04 Å². The summed E-state index contributed by atoms with van der Waals surface area (Å²) < 4.78 is 0. The normalized spacial score (nSPS) is 20.0. The minimum Gasteiger partial charge on any atom is -0.315 e. The number of nitrogens with one attached hydrogen (secondary N) is 1. The molecule has 0 radical (unpaired) electrons. The Hall–Kier alpha value is -0.980. The van der Waals surface area contributed by atoms with Crippen molar-refractivity contribution in [2.45, 2.75) is 25.9 Å². The quantitative estimate of drug-likeness (QED) is 0.644. The van der Waals surface area contributed by atoms with Gasteiger partial charge in [-0.2, -0.15) is 0 Å². The van der Waals surface area contributed by atoms with Gasteiger partial charge in [0.05, 0.1) is 4.92 Å². The largest absolute Gasteiger partial charge is 0.324 e. The molecule has 0 spiro atoms. The summed E-state index contributed by atoms with van der Waals surface area (Å²) in [5.41, 5.74) is 0. The molecule has 2 rings (SSSR count). The maximum Gasteiger partial charge on any atom is 0.324 e. The van der Waals surface area contributed by atoms with Crippen LogP contribution in [0.1, 0.15) is 18.2 Å². The first kappa shape index (κ1) is 12.5. The van der Waals surface area contributed by atoms with Crippen molar-refractivity contribution < 1.29 is 4.92 Å². The summed E-state index contributed by atoms with van der Waals surface area (Å²) in [6.07, 6.45) is 1.17. The van der Waals surface area contributed by atoms with Crippen molar-refractivity contribution in [2.75, 3.05) is 19.6 Å². The zero-order chi connectivity index (χ0) is 12.3. The van der Waals surface area contributed by atoms with E-state index in [1.54, 1.807) is 6.07 Å². The third kappa shape index (κ3) is 3.02. The third-order valence-corrected chi connectivity index (χ3v) is 4.16. The van der Waals surface area contributed by atoms with Crippen LogP contribution >= 0.6 is 11.3 Å². The molecule has 17 heavy (non-hydrogen) atoms. The Morgan fingerprint density at radius 3 is 3.00 bits per heavy atom. The van der Waals surface area contributed by atoms with E-state index < -0.39 is 0 Å². The smallest absolute Gasteiger partial charge is 0.315 e. The van der Waals surface area contributed by atoms with Crippen molar-refractivity contribution in [3.63, 3.8) is 0 Å². The number of likely N-dealkylation sites (N-methyl/N-ethyl adjacent to an activating group) is 1. The number of nitrogens with zero attached hydrogens (tertiary/aromatic N) is 2. The lowest BCUT2D eigenvalue weighted by atomic mass is 10.2. The van der Waals surface area contributed by atoms with Crippen LogP contribution in [0.3, 0.4) is 0 Å². The van der Waals surface area contributed by atoms with Crippen LogP contribution in [0, 0.1) is 10.1 Å². The Labute approximate surface area is 105 Å². The second-order valence-electron chi connectivity index (χ2n) is 4.21. The summed E-state index contributed by atoms with van der Waals surface area (Å²) in [6.45, 7) is 6.05. The maximum atomic E-state index is 10.6. The minimum atomic E-state index is -0.318. The number of nitro groups is 1. The standard InChI is InChI=1S/C11H17N3O2S/c1-2-13(9-5-6-12-7-9)8-10-3-4-11(17-10)14(15)16/h3-4,9,12H,2,5-8H2,1H3. The highest BCUT2D eigenvalue weighted by molar-refractivity contribution is 7.15. The molecular formula is C11H17N3O2S. The Kier molecular flexibility index (Phi) is 4.09. The molecule has 1 unspecified atom stereocenters. The van der Waals surface area contributed by atoms with Crippen molar-refractivity contribution >= 4 is 16.3 Å². The van der Waals surface area contributed by atoms with E-state index in [2.05, 4.69) is 17.1 Å². The predicted molar refractivity (Wildman–Crippen MR) is 68.3 cm³/mol. The van der Waals surface area contributed by atoms with Gasteiger partial charge in [-0.05, 0) is 25.6 Å². The highest BCUT2D eigenvalue weighted by Gasteiger charge is 2.22. The van der Waals surface area contributed by atoms with Gasteiger partial charge in [0.25, 0.3) is 0 Å². The zero-order valence-electron chi connectivity index (χ0n) is 9.89. The molecule has 6 heteroatoms. The Morgan fingerprint density at radius 2 is 2.47 bits per heavy atom. The highest BCUT2D eigenvalue weighted by atomic mass is 32.1. The van der Waals surface area contributed by atoms with E-state index in [4.69, 9.17) is 0 Å². The lowest BCUT2D eigenvalue weighted by Crippen LogP contribution is -2.35. The third-order valence-electron chi connectivity index (χ3n) is 3.14. The SMILES string of the molecule is CCN(Cc1ccc([N+](=O)[O-])s1)C1CCNC1. The van der Waals surface area contributed by atoms with Crippen molar-refractivity contribution in [3.8, 4) is 0 Å². The molecule has 2 heterocycles. The second-order valence-corrected chi connectivity index (χ2v) is 5.35. The molecule has 1 saturated heterocycles. The van der Waals surface area contributed by atoms with Crippen LogP contribution in [0.4, 0.5) is 5.00 Å². The van der Waals surface area contributed by atoms with Crippen molar-refractivity contribution in [1.82, 2.24) is 10.2 Å². The van der Waals surface area contributed by atoms with Crippen molar-refractivity contribution in [3.05, 3.63) is 27.1 Å². The van der Waals surface area contributed by atoms with Gasteiger partial charge in [0, 0.05) is 30.1 Å². The molecule has 1 atom stereocenters. The lowest BCUT2D eigenvalue weighted by molar-refractivity contribution is -0.380. The number of hydrogen-bond donors (Lipinski definition) is 1. The zero-order valence-corrected chi connectivity index (χ0v) is 10.7. The minimum absolute atomic E-state index is 0.237. The fourth-order valence-electron chi connectivity index (χ4n) is 2.20. The van der Waals surface area contributed by atoms with E-state index in [9.17, 15) is 10.1 Å². The van der Waals surface area contributed by atoms with E-state index in [1.165, 1.54) is 17.8 Å². The molecule has 0 aromatic carbocycles. The number of thiophene rings is 1. The molecule has 1 aliphatic rings. The summed E-state index contributed by atoms with van der Waals surface area (Å²) >= 11 is 1.28. The Balaban J connectivity index is 1.99.